The molecule has 2 heterocycles. The minimum Gasteiger partial charge on any atom is -0.480 e. The number of carboxylic acids is 1. The van der Waals surface area contributed by atoms with Crippen molar-refractivity contribution in [3.05, 3.63) is 0 Å². The Kier molecular flexibility index (Phi) is 4.62. The van der Waals surface area contributed by atoms with Crippen molar-refractivity contribution in [3.8, 4) is 0 Å². The summed E-state index contributed by atoms with van der Waals surface area (Å²) in [5.41, 5.74) is 0. The molecule has 0 aromatic heterocycles. The van der Waals surface area contributed by atoms with Gasteiger partial charge in [-0.05, 0) is 71.0 Å². The van der Waals surface area contributed by atoms with Gasteiger partial charge in [0.25, 0.3) is 0 Å². The van der Waals surface area contributed by atoms with Gasteiger partial charge >= 0.3 is 5.97 Å². The van der Waals surface area contributed by atoms with Gasteiger partial charge in [-0.15, -0.1) is 0 Å². The summed E-state index contributed by atoms with van der Waals surface area (Å²) in [6.45, 7) is 7.75. The van der Waals surface area contributed by atoms with Gasteiger partial charge in [0.15, 0.2) is 0 Å². The molecule has 0 aromatic rings. The van der Waals surface area contributed by atoms with E-state index in [2.05, 4.69) is 24.1 Å². The van der Waals surface area contributed by atoms with E-state index in [0.29, 0.717) is 12.0 Å². The van der Waals surface area contributed by atoms with E-state index in [-0.39, 0.29) is 6.04 Å². The summed E-state index contributed by atoms with van der Waals surface area (Å²) in [4.78, 5) is 13.6. The smallest absolute Gasteiger partial charge is 0.320 e. The molecular weight excluding hydrogens is 228 g/mol. The molecule has 4 nitrogen and oxygen atoms in total. The highest BCUT2D eigenvalue weighted by molar-refractivity contribution is 5.73. The lowest BCUT2D eigenvalue weighted by Gasteiger charge is -2.40. The fourth-order valence-electron chi connectivity index (χ4n) is 3.47. The van der Waals surface area contributed by atoms with Crippen LogP contribution in [0.4, 0.5) is 0 Å². The second kappa shape index (κ2) is 6.02. The first kappa shape index (κ1) is 13.8. The van der Waals surface area contributed by atoms with Gasteiger partial charge in [0, 0.05) is 6.04 Å². The number of aliphatic carboxylic acids is 1. The van der Waals surface area contributed by atoms with E-state index in [4.69, 9.17) is 5.11 Å². The monoisotopic (exact) mass is 254 g/mol. The molecule has 2 unspecified atom stereocenters. The Hall–Kier alpha value is -0.610. The Morgan fingerprint density at radius 1 is 1.22 bits per heavy atom. The van der Waals surface area contributed by atoms with E-state index >= 15 is 0 Å². The minimum atomic E-state index is -0.681. The van der Waals surface area contributed by atoms with Crippen LogP contribution in [0, 0.1) is 11.8 Å². The molecule has 2 saturated heterocycles. The number of nitrogens with zero attached hydrogens (tertiary/aromatic N) is 1. The Morgan fingerprint density at radius 2 is 1.89 bits per heavy atom. The predicted molar refractivity (Wildman–Crippen MR) is 71.6 cm³/mol. The molecule has 2 fully saturated rings. The fraction of sp³-hybridized carbons (Fsp3) is 0.929. The number of piperidine rings is 2. The summed E-state index contributed by atoms with van der Waals surface area (Å²) < 4.78 is 0. The molecule has 0 radical (unpaired) electrons. The second-order valence-electron chi connectivity index (χ2n) is 6.10. The molecule has 2 atom stereocenters. The van der Waals surface area contributed by atoms with Crippen molar-refractivity contribution in [1.82, 2.24) is 10.2 Å². The molecule has 2 rings (SSSR count). The summed E-state index contributed by atoms with van der Waals surface area (Å²) in [5, 5.41) is 12.2. The van der Waals surface area contributed by atoms with Crippen LogP contribution in [0.15, 0.2) is 0 Å². The van der Waals surface area contributed by atoms with E-state index < -0.39 is 5.97 Å². The number of hydrogen-bond donors (Lipinski definition) is 2. The maximum Gasteiger partial charge on any atom is 0.320 e. The third-order valence-electron chi connectivity index (χ3n) is 4.71. The van der Waals surface area contributed by atoms with Crippen molar-refractivity contribution in [2.75, 3.05) is 19.6 Å². The van der Waals surface area contributed by atoms with Gasteiger partial charge in [-0.25, -0.2) is 0 Å². The van der Waals surface area contributed by atoms with Crippen LogP contribution in [0.1, 0.15) is 39.5 Å². The molecule has 0 amide bonds. The van der Waals surface area contributed by atoms with E-state index in [0.717, 1.165) is 25.3 Å². The van der Waals surface area contributed by atoms with Gasteiger partial charge in [-0.2, -0.15) is 0 Å². The Morgan fingerprint density at radius 3 is 2.44 bits per heavy atom. The Bertz CT molecular complexity index is 286. The quantitative estimate of drug-likeness (QED) is 0.802. The van der Waals surface area contributed by atoms with Crippen LogP contribution in [0.3, 0.4) is 0 Å². The van der Waals surface area contributed by atoms with Gasteiger partial charge in [0.1, 0.15) is 6.04 Å². The van der Waals surface area contributed by atoms with Crippen LogP contribution in [-0.4, -0.2) is 47.7 Å². The Labute approximate surface area is 110 Å². The van der Waals surface area contributed by atoms with Crippen LogP contribution >= 0.6 is 0 Å². The van der Waals surface area contributed by atoms with Gasteiger partial charge in [0.05, 0.1) is 0 Å². The molecule has 0 spiro atoms. The largest absolute Gasteiger partial charge is 0.480 e. The van der Waals surface area contributed by atoms with Crippen LogP contribution in [0.5, 0.6) is 0 Å². The van der Waals surface area contributed by atoms with Crippen LogP contribution < -0.4 is 5.32 Å². The lowest BCUT2D eigenvalue weighted by Crippen LogP contribution is -2.47. The van der Waals surface area contributed by atoms with E-state index in [9.17, 15) is 4.79 Å². The van der Waals surface area contributed by atoms with Crippen molar-refractivity contribution < 1.29 is 9.90 Å². The van der Waals surface area contributed by atoms with Crippen LogP contribution in [-0.2, 0) is 4.79 Å². The number of likely N-dealkylation sites (tertiary alicyclic amines) is 1. The minimum absolute atomic E-state index is 0.313. The average molecular weight is 254 g/mol. The maximum absolute atomic E-state index is 11.1. The molecule has 2 aliphatic heterocycles. The number of hydrogen-bond acceptors (Lipinski definition) is 3. The summed E-state index contributed by atoms with van der Waals surface area (Å²) >= 11 is 0. The zero-order valence-corrected chi connectivity index (χ0v) is 11.6. The molecule has 0 bridgehead atoms. The van der Waals surface area contributed by atoms with Gasteiger partial charge in [-0.1, -0.05) is 0 Å². The highest BCUT2D eigenvalue weighted by atomic mass is 16.4. The standard InChI is InChI=1S/C14H26N2O2/c1-10(2)16-7-4-11(5-8-16)12-3-6-15-13(9-12)14(17)18/h10-13,15H,3-9H2,1-2H3,(H,17,18). The lowest BCUT2D eigenvalue weighted by atomic mass is 9.77. The summed E-state index contributed by atoms with van der Waals surface area (Å²) in [5.74, 6) is 0.671. The first-order valence-electron chi connectivity index (χ1n) is 7.28. The lowest BCUT2D eigenvalue weighted by molar-refractivity contribution is -0.140. The molecule has 0 saturated carbocycles. The second-order valence-corrected chi connectivity index (χ2v) is 6.10. The average Bonchev–Trinajstić information content (AvgIpc) is 2.39. The zero-order valence-electron chi connectivity index (χ0n) is 11.6. The predicted octanol–water partition coefficient (Wildman–Crippen LogP) is 1.56. The van der Waals surface area contributed by atoms with Gasteiger partial charge in [-0.3, -0.25) is 4.79 Å². The highest BCUT2D eigenvalue weighted by Crippen LogP contribution is 2.32. The van der Waals surface area contributed by atoms with Gasteiger partial charge < -0.3 is 15.3 Å². The summed E-state index contributed by atoms with van der Waals surface area (Å²) in [7, 11) is 0. The molecule has 2 aliphatic rings. The van der Waals surface area contributed by atoms with Crippen LogP contribution in [0.25, 0.3) is 0 Å². The topological polar surface area (TPSA) is 52.6 Å². The number of nitrogens with one attached hydrogen (secondary N) is 1. The molecule has 104 valence electrons. The van der Waals surface area contributed by atoms with Gasteiger partial charge in [0.2, 0.25) is 0 Å². The number of carbonyl (C=O) groups is 1. The van der Waals surface area contributed by atoms with Crippen molar-refractivity contribution in [2.24, 2.45) is 11.8 Å². The number of rotatable bonds is 3. The maximum atomic E-state index is 11.1. The first-order valence-corrected chi connectivity index (χ1v) is 7.28. The SMILES string of the molecule is CC(C)N1CCC(C2CCNC(C(=O)O)C2)CC1. The van der Waals surface area contributed by atoms with E-state index in [1.54, 1.807) is 0 Å². The summed E-state index contributed by atoms with van der Waals surface area (Å²) in [6, 6.07) is 0.331. The molecule has 0 aromatic carbocycles. The number of carboxylic acid groups (broad SMARTS) is 1. The normalized spacial score (nSPS) is 31.7. The highest BCUT2D eigenvalue weighted by Gasteiger charge is 2.33. The summed E-state index contributed by atoms with van der Waals surface area (Å²) in [6.07, 6.45) is 4.46. The van der Waals surface area contributed by atoms with Crippen molar-refractivity contribution >= 4 is 5.97 Å². The van der Waals surface area contributed by atoms with E-state index in [1.165, 1.54) is 25.9 Å². The van der Waals surface area contributed by atoms with Crippen molar-refractivity contribution in [2.45, 2.75) is 51.6 Å². The molecule has 0 aliphatic carbocycles. The zero-order chi connectivity index (χ0) is 13.1. The molecule has 4 heteroatoms. The fourth-order valence-corrected chi connectivity index (χ4v) is 3.47. The van der Waals surface area contributed by atoms with Crippen LogP contribution in [0.2, 0.25) is 0 Å². The Balaban J connectivity index is 1.84. The first-order chi connectivity index (χ1) is 8.58. The third-order valence-corrected chi connectivity index (χ3v) is 4.71. The van der Waals surface area contributed by atoms with Crippen molar-refractivity contribution in [3.63, 3.8) is 0 Å². The van der Waals surface area contributed by atoms with E-state index in [1.807, 2.05) is 0 Å². The third kappa shape index (κ3) is 3.23. The van der Waals surface area contributed by atoms with Crippen molar-refractivity contribution in [1.29, 1.82) is 0 Å². The molecule has 18 heavy (non-hydrogen) atoms. The molecular formula is C14H26N2O2. The molecule has 2 N–H and O–H groups in total.